The van der Waals surface area contributed by atoms with Crippen LogP contribution in [-0.2, 0) is 22.7 Å². The third-order valence-corrected chi connectivity index (χ3v) is 4.42. The molecule has 1 heterocycles. The van der Waals surface area contributed by atoms with Gasteiger partial charge in [-0.05, 0) is 18.4 Å². The Morgan fingerprint density at radius 2 is 2.13 bits per heavy atom. The van der Waals surface area contributed by atoms with Gasteiger partial charge in [-0.2, -0.15) is 5.10 Å². The Morgan fingerprint density at radius 3 is 2.91 bits per heavy atom. The van der Waals surface area contributed by atoms with Gasteiger partial charge in [-0.15, -0.1) is 0 Å². The third kappa shape index (κ3) is 3.34. The molecule has 2 N–H and O–H groups in total. The Labute approximate surface area is 134 Å². The Bertz CT molecular complexity index is 882. The Morgan fingerprint density at radius 1 is 1.35 bits per heavy atom. The van der Waals surface area contributed by atoms with Gasteiger partial charge < -0.3 is 5.32 Å². The number of nitrogens with zero attached hydrogens (tertiary/aromatic N) is 1. The van der Waals surface area contributed by atoms with Crippen molar-refractivity contribution in [2.75, 3.05) is 12.8 Å². The molecule has 6 nitrogen and oxygen atoms in total. The van der Waals surface area contributed by atoms with Crippen molar-refractivity contribution in [1.29, 1.82) is 0 Å². The predicted octanol–water partition coefficient (Wildman–Crippen LogP) is 1.46. The van der Waals surface area contributed by atoms with Crippen LogP contribution in [0.2, 0.25) is 0 Å². The summed E-state index contributed by atoms with van der Waals surface area (Å²) < 4.78 is 22.0. The first-order chi connectivity index (χ1) is 11.0. The molecule has 0 unspecified atom stereocenters. The van der Waals surface area contributed by atoms with Crippen molar-refractivity contribution in [3.05, 3.63) is 52.6 Å². The number of carbonyl (C=O) groups excluding carboxylic acids is 1. The number of rotatable bonds is 4. The molecular weight excluding hydrogens is 314 g/mol. The number of aromatic amines is 1. The maximum atomic E-state index is 12.2. The highest BCUT2D eigenvalue weighted by Crippen LogP contribution is 2.33. The molecule has 0 radical (unpaired) electrons. The second-order valence-electron chi connectivity index (χ2n) is 5.49. The maximum Gasteiger partial charge on any atom is 0.269 e. The largest absolute Gasteiger partial charge is 0.347 e. The van der Waals surface area contributed by atoms with Gasteiger partial charge >= 0.3 is 0 Å². The fourth-order valence-corrected chi connectivity index (χ4v) is 3.16. The minimum Gasteiger partial charge on any atom is -0.347 e. The van der Waals surface area contributed by atoms with E-state index in [1.165, 1.54) is 11.6 Å². The normalized spacial score (nSPS) is 13.6. The van der Waals surface area contributed by atoms with Gasteiger partial charge in [0.25, 0.3) is 5.91 Å². The average Bonchev–Trinajstić information content (AvgIpc) is 2.95. The molecule has 1 aromatic carbocycles. The highest BCUT2D eigenvalue weighted by molar-refractivity contribution is 7.93. The lowest BCUT2D eigenvalue weighted by atomic mass is 9.89. The van der Waals surface area contributed by atoms with Gasteiger partial charge in [-0.3, -0.25) is 9.89 Å². The summed E-state index contributed by atoms with van der Waals surface area (Å²) in [6.45, 7) is 0.149. The van der Waals surface area contributed by atoms with E-state index in [0.29, 0.717) is 5.69 Å². The first kappa shape index (κ1) is 15.5. The van der Waals surface area contributed by atoms with Crippen LogP contribution in [0.5, 0.6) is 0 Å². The van der Waals surface area contributed by atoms with E-state index in [-0.39, 0.29) is 12.5 Å². The van der Waals surface area contributed by atoms with Crippen molar-refractivity contribution in [2.45, 2.75) is 12.8 Å². The molecule has 1 aliphatic rings. The topological polar surface area (TPSA) is 91.9 Å². The fraction of sp³-hybridized carbons (Fsp3) is 0.250. The fourth-order valence-electron chi connectivity index (χ4n) is 2.71. The van der Waals surface area contributed by atoms with Crippen LogP contribution in [0.3, 0.4) is 0 Å². The lowest BCUT2D eigenvalue weighted by Gasteiger charge is -2.15. The monoisotopic (exact) mass is 331 g/mol. The maximum absolute atomic E-state index is 12.2. The first-order valence-electron chi connectivity index (χ1n) is 7.26. The second-order valence-corrected chi connectivity index (χ2v) is 7.43. The predicted molar refractivity (Wildman–Crippen MR) is 87.7 cm³/mol. The van der Waals surface area contributed by atoms with Crippen LogP contribution in [0.4, 0.5) is 0 Å². The van der Waals surface area contributed by atoms with Gasteiger partial charge in [0.15, 0.2) is 9.84 Å². The molecule has 7 heteroatoms. The minimum atomic E-state index is -3.18. The average molecular weight is 331 g/mol. The van der Waals surface area contributed by atoms with Crippen LogP contribution < -0.4 is 5.32 Å². The van der Waals surface area contributed by atoms with E-state index in [9.17, 15) is 13.2 Å². The van der Waals surface area contributed by atoms with Gasteiger partial charge in [0.1, 0.15) is 5.69 Å². The molecule has 0 atom stereocenters. The molecule has 0 aliphatic heterocycles. The summed E-state index contributed by atoms with van der Waals surface area (Å²) in [6, 6.07) is 8.03. The van der Waals surface area contributed by atoms with Crippen LogP contribution in [0.15, 0.2) is 35.7 Å². The van der Waals surface area contributed by atoms with Crippen LogP contribution in [-0.4, -0.2) is 37.3 Å². The van der Waals surface area contributed by atoms with Crippen molar-refractivity contribution in [1.82, 2.24) is 15.5 Å². The lowest BCUT2D eigenvalue weighted by molar-refractivity contribution is 0.0952. The number of fused-ring (bicyclic) bond motifs is 3. The van der Waals surface area contributed by atoms with Crippen molar-refractivity contribution in [2.24, 2.45) is 0 Å². The highest BCUT2D eigenvalue weighted by Gasteiger charge is 2.24. The van der Waals surface area contributed by atoms with Crippen molar-refractivity contribution >= 4 is 15.7 Å². The van der Waals surface area contributed by atoms with Gasteiger partial charge in [-0.25, -0.2) is 8.42 Å². The quantitative estimate of drug-likeness (QED) is 0.887. The minimum absolute atomic E-state index is 0.149. The Kier molecular flexibility index (Phi) is 4.04. The Balaban J connectivity index is 1.77. The van der Waals surface area contributed by atoms with Crippen LogP contribution in [0, 0.1) is 0 Å². The van der Waals surface area contributed by atoms with E-state index in [0.717, 1.165) is 41.3 Å². The summed E-state index contributed by atoms with van der Waals surface area (Å²) in [5.74, 6) is -0.281. The van der Waals surface area contributed by atoms with Gasteiger partial charge in [0.2, 0.25) is 0 Å². The zero-order valence-corrected chi connectivity index (χ0v) is 13.5. The third-order valence-electron chi connectivity index (χ3n) is 3.73. The summed E-state index contributed by atoms with van der Waals surface area (Å²) >= 11 is 0. The Hall–Kier alpha value is -2.41. The van der Waals surface area contributed by atoms with E-state index in [1.54, 1.807) is 0 Å². The number of aryl methyl sites for hydroxylation is 1. The summed E-state index contributed by atoms with van der Waals surface area (Å²) in [6.07, 6.45) is 4.14. The number of sulfone groups is 1. The molecule has 1 aliphatic carbocycles. The number of aromatic nitrogens is 2. The zero-order chi connectivity index (χ0) is 16.4. The van der Waals surface area contributed by atoms with Crippen molar-refractivity contribution < 1.29 is 13.2 Å². The number of amides is 1. The van der Waals surface area contributed by atoms with Crippen molar-refractivity contribution in [3.8, 4) is 11.3 Å². The smallest absolute Gasteiger partial charge is 0.269 e. The molecule has 3 rings (SSSR count). The van der Waals surface area contributed by atoms with E-state index in [2.05, 4.69) is 21.6 Å². The van der Waals surface area contributed by atoms with E-state index >= 15 is 0 Å². The first-order valence-corrected chi connectivity index (χ1v) is 9.21. The van der Waals surface area contributed by atoms with Gasteiger partial charge in [0.05, 0.1) is 5.69 Å². The molecular formula is C16H17N3O3S. The number of hydrogen-bond donors (Lipinski definition) is 2. The van der Waals surface area contributed by atoms with Crippen LogP contribution in [0.25, 0.3) is 11.3 Å². The number of carbonyl (C=O) groups is 1. The number of benzene rings is 1. The van der Waals surface area contributed by atoms with Gasteiger partial charge in [-0.1, -0.05) is 30.3 Å². The molecule has 1 aromatic heterocycles. The summed E-state index contributed by atoms with van der Waals surface area (Å²) in [5.41, 5.74) is 4.47. The molecule has 2 aromatic rings. The molecule has 0 spiro atoms. The molecule has 1 amide bonds. The molecule has 0 saturated heterocycles. The molecule has 0 fully saturated rings. The van der Waals surface area contributed by atoms with Crippen LogP contribution in [0.1, 0.15) is 21.6 Å². The second kappa shape index (κ2) is 6.00. The van der Waals surface area contributed by atoms with Gasteiger partial charge in [0, 0.05) is 29.3 Å². The highest BCUT2D eigenvalue weighted by atomic mass is 32.2. The summed E-state index contributed by atoms with van der Waals surface area (Å²) in [4.78, 5) is 12.2. The molecule has 0 bridgehead atoms. The standard InChI is InChI=1S/C16H17N3O3S/c1-23(21,22)10-4-9-17-16(20)15-13-8-7-11-5-2-3-6-12(11)14(13)18-19-15/h2-6,10H,7-9H2,1H3,(H,17,20)(H,18,19)/b10-4+. The molecule has 120 valence electrons. The van der Waals surface area contributed by atoms with Crippen LogP contribution >= 0.6 is 0 Å². The molecule has 23 heavy (non-hydrogen) atoms. The zero-order valence-electron chi connectivity index (χ0n) is 12.7. The van der Waals surface area contributed by atoms with E-state index < -0.39 is 9.84 Å². The summed E-state index contributed by atoms with van der Waals surface area (Å²) in [7, 11) is -3.18. The van der Waals surface area contributed by atoms with Crippen molar-refractivity contribution in [3.63, 3.8) is 0 Å². The number of nitrogens with one attached hydrogen (secondary N) is 2. The van der Waals surface area contributed by atoms with E-state index in [1.807, 2.05) is 18.2 Å². The lowest BCUT2D eigenvalue weighted by Crippen LogP contribution is -2.25. The number of hydrogen-bond acceptors (Lipinski definition) is 4. The molecule has 0 saturated carbocycles. The SMILES string of the molecule is CS(=O)(=O)/C=C/CNC(=O)c1[nH]nc2c1CCc1ccccc1-2. The summed E-state index contributed by atoms with van der Waals surface area (Å²) in [5, 5.41) is 10.8. The number of H-pyrrole nitrogens is 1. The van der Waals surface area contributed by atoms with E-state index in [4.69, 9.17) is 0 Å².